The molecule has 0 radical (unpaired) electrons. The van der Waals surface area contributed by atoms with Crippen LogP contribution < -0.4 is 15.4 Å². The molecule has 0 aliphatic heterocycles. The Labute approximate surface area is 88.1 Å². The molecule has 0 spiro atoms. The molecule has 0 heterocycles. The molecule has 15 heavy (non-hydrogen) atoms. The van der Waals surface area contributed by atoms with Crippen LogP contribution >= 0.6 is 0 Å². The fourth-order valence-electron chi connectivity index (χ4n) is 1.13. The smallest absolute Gasteiger partial charge is 0.319 e. The van der Waals surface area contributed by atoms with Gasteiger partial charge in [0.2, 0.25) is 0 Å². The molecule has 3 N–H and O–H groups in total. The normalized spacial score (nSPS) is 9.53. The number of carbonyl (C=O) groups is 1. The van der Waals surface area contributed by atoms with E-state index in [4.69, 9.17) is 4.74 Å². The van der Waals surface area contributed by atoms with Gasteiger partial charge in [-0.3, -0.25) is 0 Å². The highest BCUT2D eigenvalue weighted by Gasteiger charge is 2.09. The van der Waals surface area contributed by atoms with E-state index in [-0.39, 0.29) is 11.8 Å². The number of carbonyl (C=O) groups excluding carboxylic acids is 1. The van der Waals surface area contributed by atoms with Crippen molar-refractivity contribution in [3.63, 3.8) is 0 Å². The molecule has 0 aromatic heterocycles. The summed E-state index contributed by atoms with van der Waals surface area (Å²) in [5.74, 6) is 0.552. The number of benzene rings is 1. The van der Waals surface area contributed by atoms with Gasteiger partial charge in [0, 0.05) is 13.1 Å². The average molecular weight is 210 g/mol. The molecule has 0 bridgehead atoms. The van der Waals surface area contributed by atoms with Crippen LogP contribution in [0.3, 0.4) is 0 Å². The molecule has 0 saturated carbocycles. The second kappa shape index (κ2) is 4.54. The van der Waals surface area contributed by atoms with Crippen LogP contribution in [0.4, 0.5) is 10.5 Å². The monoisotopic (exact) mass is 210 g/mol. The van der Waals surface area contributed by atoms with Gasteiger partial charge in [0.05, 0.1) is 12.8 Å². The summed E-state index contributed by atoms with van der Waals surface area (Å²) in [7, 11) is 2.99. The molecule has 82 valence electrons. The van der Waals surface area contributed by atoms with Gasteiger partial charge >= 0.3 is 6.03 Å². The van der Waals surface area contributed by atoms with Gasteiger partial charge in [-0.25, -0.2) is 4.79 Å². The molecular weight excluding hydrogens is 196 g/mol. The van der Waals surface area contributed by atoms with E-state index < -0.39 is 0 Å². The second-order valence-electron chi connectivity index (χ2n) is 3.04. The number of ether oxygens (including phenoxy) is 1. The summed E-state index contributed by atoms with van der Waals surface area (Å²) in [5, 5.41) is 14.5. The third-order valence-corrected chi connectivity index (χ3v) is 1.99. The van der Waals surface area contributed by atoms with Crippen molar-refractivity contribution in [2.24, 2.45) is 0 Å². The van der Waals surface area contributed by atoms with Crippen molar-refractivity contribution in [2.75, 3.05) is 19.5 Å². The third kappa shape index (κ3) is 2.52. The predicted octanol–water partition coefficient (Wildman–Crippen LogP) is 1.46. The summed E-state index contributed by atoms with van der Waals surface area (Å²) in [5.41, 5.74) is 1.19. The number of anilines is 1. The summed E-state index contributed by atoms with van der Waals surface area (Å²) in [6.45, 7) is 1.74. The van der Waals surface area contributed by atoms with E-state index in [1.54, 1.807) is 13.0 Å². The van der Waals surface area contributed by atoms with Crippen LogP contribution in [0.1, 0.15) is 5.56 Å². The lowest BCUT2D eigenvalue weighted by atomic mass is 10.2. The fourth-order valence-corrected chi connectivity index (χ4v) is 1.13. The Bertz CT molecular complexity index is 377. The molecule has 0 aliphatic rings. The van der Waals surface area contributed by atoms with E-state index in [2.05, 4.69) is 10.6 Å². The summed E-state index contributed by atoms with van der Waals surface area (Å²) in [4.78, 5) is 11.1. The first-order chi connectivity index (χ1) is 7.08. The second-order valence-corrected chi connectivity index (χ2v) is 3.04. The van der Waals surface area contributed by atoms with Crippen molar-refractivity contribution in [2.45, 2.75) is 6.92 Å². The molecule has 0 saturated heterocycles. The summed E-state index contributed by atoms with van der Waals surface area (Å²) in [6, 6.07) is 2.77. The quantitative estimate of drug-likeness (QED) is 0.647. The van der Waals surface area contributed by atoms with E-state index >= 15 is 0 Å². The lowest BCUT2D eigenvalue weighted by Crippen LogP contribution is -2.24. The Morgan fingerprint density at radius 2 is 2.13 bits per heavy atom. The first-order valence-electron chi connectivity index (χ1n) is 4.44. The minimum Gasteiger partial charge on any atom is -0.508 e. The number of aryl methyl sites for hydroxylation is 1. The largest absolute Gasteiger partial charge is 0.508 e. The summed E-state index contributed by atoms with van der Waals surface area (Å²) < 4.78 is 5.02. The summed E-state index contributed by atoms with van der Waals surface area (Å²) in [6.07, 6.45) is 0. The zero-order valence-corrected chi connectivity index (χ0v) is 8.92. The van der Waals surface area contributed by atoms with Crippen molar-refractivity contribution in [3.05, 3.63) is 17.7 Å². The van der Waals surface area contributed by atoms with Crippen LogP contribution in [0.5, 0.6) is 11.5 Å². The highest BCUT2D eigenvalue weighted by atomic mass is 16.5. The van der Waals surface area contributed by atoms with Crippen molar-refractivity contribution in [3.8, 4) is 11.5 Å². The Morgan fingerprint density at radius 3 is 2.67 bits per heavy atom. The molecular formula is C10H14N2O3. The molecule has 0 aliphatic carbocycles. The number of hydrogen-bond acceptors (Lipinski definition) is 3. The highest BCUT2D eigenvalue weighted by molar-refractivity contribution is 5.91. The number of methoxy groups -OCH3 is 1. The van der Waals surface area contributed by atoms with Crippen molar-refractivity contribution in [1.29, 1.82) is 0 Å². The Hall–Kier alpha value is -1.91. The van der Waals surface area contributed by atoms with E-state index in [0.29, 0.717) is 17.0 Å². The molecule has 1 aromatic rings. The maximum atomic E-state index is 11.1. The van der Waals surface area contributed by atoms with Crippen LogP contribution in [0, 0.1) is 6.92 Å². The lowest BCUT2D eigenvalue weighted by Gasteiger charge is -2.11. The van der Waals surface area contributed by atoms with Crippen LogP contribution in [-0.4, -0.2) is 25.3 Å². The molecule has 1 aromatic carbocycles. The van der Waals surface area contributed by atoms with Gasteiger partial charge in [0.1, 0.15) is 11.5 Å². The Balaban J connectivity index is 3.05. The van der Waals surface area contributed by atoms with Gasteiger partial charge in [-0.05, 0) is 18.6 Å². The minimum atomic E-state index is -0.335. The maximum Gasteiger partial charge on any atom is 0.319 e. The number of phenols is 1. The number of phenolic OH excluding ortho intramolecular Hbond substituents is 1. The van der Waals surface area contributed by atoms with Crippen molar-refractivity contribution < 1.29 is 14.6 Å². The Morgan fingerprint density at radius 1 is 1.47 bits per heavy atom. The third-order valence-electron chi connectivity index (χ3n) is 1.99. The van der Waals surface area contributed by atoms with Crippen LogP contribution in [0.2, 0.25) is 0 Å². The zero-order valence-electron chi connectivity index (χ0n) is 8.92. The average Bonchev–Trinajstić information content (AvgIpc) is 2.22. The number of rotatable bonds is 2. The molecule has 0 atom stereocenters. The SMILES string of the molecule is CNC(=O)Nc1cc(C)c(O)cc1OC. The topological polar surface area (TPSA) is 70.6 Å². The number of nitrogens with one attached hydrogen (secondary N) is 2. The number of hydrogen-bond donors (Lipinski definition) is 3. The first-order valence-corrected chi connectivity index (χ1v) is 4.44. The molecule has 1 rings (SSSR count). The van der Waals surface area contributed by atoms with Crippen LogP contribution in [0.15, 0.2) is 12.1 Å². The summed E-state index contributed by atoms with van der Waals surface area (Å²) >= 11 is 0. The van der Waals surface area contributed by atoms with E-state index in [9.17, 15) is 9.90 Å². The van der Waals surface area contributed by atoms with Gasteiger partial charge in [-0.2, -0.15) is 0 Å². The first kappa shape index (κ1) is 11.2. The van der Waals surface area contributed by atoms with Gasteiger partial charge < -0.3 is 20.5 Å². The van der Waals surface area contributed by atoms with Crippen LogP contribution in [0.25, 0.3) is 0 Å². The molecule has 0 fully saturated rings. The minimum absolute atomic E-state index is 0.134. The molecule has 5 nitrogen and oxygen atoms in total. The molecule has 5 heteroatoms. The van der Waals surface area contributed by atoms with Crippen molar-refractivity contribution >= 4 is 11.7 Å². The number of urea groups is 1. The maximum absolute atomic E-state index is 11.1. The molecule has 2 amide bonds. The molecule has 0 unspecified atom stereocenters. The zero-order chi connectivity index (χ0) is 11.4. The fraction of sp³-hybridized carbons (Fsp3) is 0.300. The van der Waals surface area contributed by atoms with Crippen molar-refractivity contribution in [1.82, 2.24) is 5.32 Å². The number of aromatic hydroxyl groups is 1. The van der Waals surface area contributed by atoms with E-state index in [0.717, 1.165) is 0 Å². The van der Waals surface area contributed by atoms with Gasteiger partial charge in [0.15, 0.2) is 0 Å². The van der Waals surface area contributed by atoms with Gasteiger partial charge in [0.25, 0.3) is 0 Å². The van der Waals surface area contributed by atoms with Gasteiger partial charge in [-0.15, -0.1) is 0 Å². The predicted molar refractivity (Wildman–Crippen MR) is 57.5 cm³/mol. The highest BCUT2D eigenvalue weighted by Crippen LogP contribution is 2.31. The Kier molecular flexibility index (Phi) is 3.38. The number of amides is 2. The van der Waals surface area contributed by atoms with Crippen LogP contribution in [-0.2, 0) is 0 Å². The van der Waals surface area contributed by atoms with Gasteiger partial charge in [-0.1, -0.05) is 0 Å². The van der Waals surface area contributed by atoms with E-state index in [1.165, 1.54) is 20.2 Å². The standard InChI is InChI=1S/C10H14N2O3/c1-6-4-7(12-10(14)11-2)9(15-3)5-8(6)13/h4-5,13H,1-3H3,(H2,11,12,14). The lowest BCUT2D eigenvalue weighted by molar-refractivity contribution is 0.254. The van der Waals surface area contributed by atoms with E-state index in [1.807, 2.05) is 0 Å².